The van der Waals surface area contributed by atoms with Gasteiger partial charge < -0.3 is 5.32 Å². The smallest absolute Gasteiger partial charge is 0.0252 e. The molecule has 2 heteroatoms. The maximum atomic E-state index is 3.57. The van der Waals surface area contributed by atoms with Crippen molar-refractivity contribution in [2.24, 2.45) is 0 Å². The van der Waals surface area contributed by atoms with Gasteiger partial charge in [0.1, 0.15) is 0 Å². The largest absolute Gasteiger partial charge is 0.309 e. The van der Waals surface area contributed by atoms with Crippen LogP contribution in [0.15, 0.2) is 0 Å². The van der Waals surface area contributed by atoms with Crippen LogP contribution in [-0.4, -0.2) is 36.1 Å². The lowest BCUT2D eigenvalue weighted by Gasteiger charge is -2.43. The number of nitrogens with zero attached hydrogens (tertiary/aromatic N) is 1. The van der Waals surface area contributed by atoms with Gasteiger partial charge in [0.25, 0.3) is 0 Å². The minimum absolute atomic E-state index is 0.305. The van der Waals surface area contributed by atoms with Crippen LogP contribution in [0, 0.1) is 0 Å². The molecule has 1 aliphatic heterocycles. The summed E-state index contributed by atoms with van der Waals surface area (Å²) in [6, 6.07) is 0.807. The van der Waals surface area contributed by atoms with E-state index in [0.29, 0.717) is 5.54 Å². The maximum Gasteiger partial charge on any atom is 0.0252 e. The van der Waals surface area contributed by atoms with Crippen LogP contribution >= 0.6 is 0 Å². The van der Waals surface area contributed by atoms with Gasteiger partial charge in [-0.2, -0.15) is 0 Å². The molecule has 1 rings (SSSR count). The van der Waals surface area contributed by atoms with E-state index in [4.69, 9.17) is 0 Å². The Balaban J connectivity index is 2.49. The van der Waals surface area contributed by atoms with E-state index < -0.39 is 0 Å². The van der Waals surface area contributed by atoms with Gasteiger partial charge in [0.15, 0.2) is 0 Å². The van der Waals surface area contributed by atoms with Gasteiger partial charge in [0, 0.05) is 31.2 Å². The lowest BCUT2D eigenvalue weighted by Crippen LogP contribution is -2.59. The average Bonchev–Trinajstić information content (AvgIpc) is 2.12. The molecule has 0 amide bonds. The van der Waals surface area contributed by atoms with E-state index in [1.54, 1.807) is 0 Å². The van der Waals surface area contributed by atoms with Gasteiger partial charge in [-0.3, -0.25) is 4.90 Å². The summed E-state index contributed by atoms with van der Waals surface area (Å²) in [6.07, 6.45) is 3.96. The Morgan fingerprint density at radius 3 is 2.57 bits per heavy atom. The molecule has 0 bridgehead atoms. The first-order valence-corrected chi connectivity index (χ1v) is 6.08. The van der Waals surface area contributed by atoms with E-state index in [-0.39, 0.29) is 0 Å². The zero-order chi connectivity index (χ0) is 10.6. The normalized spacial score (nSPS) is 24.9. The van der Waals surface area contributed by atoms with Crippen molar-refractivity contribution in [3.05, 3.63) is 0 Å². The van der Waals surface area contributed by atoms with Gasteiger partial charge in [0.05, 0.1) is 0 Å². The molecule has 0 aromatic carbocycles. The van der Waals surface area contributed by atoms with E-state index in [0.717, 1.165) is 12.6 Å². The summed E-state index contributed by atoms with van der Waals surface area (Å²) in [5.41, 5.74) is 0.305. The van der Waals surface area contributed by atoms with Crippen LogP contribution < -0.4 is 5.32 Å². The summed E-state index contributed by atoms with van der Waals surface area (Å²) >= 11 is 0. The zero-order valence-corrected chi connectivity index (χ0v) is 10.3. The van der Waals surface area contributed by atoms with Gasteiger partial charge >= 0.3 is 0 Å². The van der Waals surface area contributed by atoms with Crippen molar-refractivity contribution in [1.82, 2.24) is 10.2 Å². The molecule has 0 saturated carbocycles. The van der Waals surface area contributed by atoms with Crippen molar-refractivity contribution >= 4 is 0 Å². The zero-order valence-electron chi connectivity index (χ0n) is 10.3. The molecule has 0 radical (unpaired) electrons. The molecule has 0 aliphatic carbocycles. The quantitative estimate of drug-likeness (QED) is 0.745. The molecule has 14 heavy (non-hydrogen) atoms. The fourth-order valence-electron chi connectivity index (χ4n) is 2.47. The van der Waals surface area contributed by atoms with Gasteiger partial charge in [-0.1, -0.05) is 20.3 Å². The summed E-state index contributed by atoms with van der Waals surface area (Å²) in [4.78, 5) is 2.67. The highest BCUT2D eigenvalue weighted by Crippen LogP contribution is 2.17. The molecular formula is C12H26N2. The van der Waals surface area contributed by atoms with Gasteiger partial charge in [0.2, 0.25) is 0 Å². The molecule has 1 unspecified atom stereocenters. The van der Waals surface area contributed by atoms with Crippen LogP contribution in [0.5, 0.6) is 0 Å². The standard InChI is InChI=1S/C12H26N2/c1-5-7-11(6-2)14-9-8-13-12(3,4)10-14/h11,13H,5-10H2,1-4H3. The predicted octanol–water partition coefficient (Wildman–Crippen LogP) is 2.25. The van der Waals surface area contributed by atoms with Gasteiger partial charge in [-0.25, -0.2) is 0 Å². The summed E-state index contributed by atoms with van der Waals surface area (Å²) in [5.74, 6) is 0. The van der Waals surface area contributed by atoms with Crippen LogP contribution in [0.1, 0.15) is 47.0 Å². The van der Waals surface area contributed by atoms with Crippen LogP contribution in [0.3, 0.4) is 0 Å². The lowest BCUT2D eigenvalue weighted by molar-refractivity contribution is 0.101. The first kappa shape index (κ1) is 12.0. The highest BCUT2D eigenvalue weighted by Gasteiger charge is 2.28. The molecule has 84 valence electrons. The Labute approximate surface area is 89.1 Å². The predicted molar refractivity (Wildman–Crippen MR) is 62.6 cm³/mol. The molecule has 1 fully saturated rings. The SMILES string of the molecule is CCCC(CC)N1CCNC(C)(C)C1. The maximum absolute atomic E-state index is 3.57. The molecule has 0 spiro atoms. The second-order valence-corrected chi connectivity index (χ2v) is 5.13. The Morgan fingerprint density at radius 1 is 1.36 bits per heavy atom. The molecule has 1 atom stereocenters. The Bertz CT molecular complexity index is 166. The van der Waals surface area contributed by atoms with Crippen molar-refractivity contribution < 1.29 is 0 Å². The number of hydrogen-bond acceptors (Lipinski definition) is 2. The molecule has 0 aromatic heterocycles. The number of piperazine rings is 1. The van der Waals surface area contributed by atoms with E-state index in [9.17, 15) is 0 Å². The molecule has 1 aliphatic rings. The Hall–Kier alpha value is -0.0800. The van der Waals surface area contributed by atoms with E-state index in [1.165, 1.54) is 32.4 Å². The Kier molecular flexibility index (Phi) is 4.39. The number of hydrogen-bond donors (Lipinski definition) is 1. The first-order chi connectivity index (χ1) is 6.59. The molecular weight excluding hydrogens is 172 g/mol. The van der Waals surface area contributed by atoms with Crippen molar-refractivity contribution in [3.8, 4) is 0 Å². The third kappa shape index (κ3) is 3.25. The third-order valence-electron chi connectivity index (χ3n) is 3.21. The molecule has 1 saturated heterocycles. The highest BCUT2D eigenvalue weighted by molar-refractivity contribution is 4.89. The van der Waals surface area contributed by atoms with E-state index in [1.807, 2.05) is 0 Å². The van der Waals surface area contributed by atoms with E-state index in [2.05, 4.69) is 37.9 Å². The van der Waals surface area contributed by atoms with Gasteiger partial charge in [-0.15, -0.1) is 0 Å². The van der Waals surface area contributed by atoms with Crippen LogP contribution in [-0.2, 0) is 0 Å². The minimum atomic E-state index is 0.305. The van der Waals surface area contributed by atoms with Crippen molar-refractivity contribution in [1.29, 1.82) is 0 Å². The first-order valence-electron chi connectivity index (χ1n) is 6.08. The molecule has 1 N–H and O–H groups in total. The molecule has 1 heterocycles. The second kappa shape index (κ2) is 5.13. The summed E-state index contributed by atoms with van der Waals surface area (Å²) in [6.45, 7) is 12.8. The average molecular weight is 198 g/mol. The fraction of sp³-hybridized carbons (Fsp3) is 1.00. The highest BCUT2D eigenvalue weighted by atomic mass is 15.2. The van der Waals surface area contributed by atoms with Crippen molar-refractivity contribution in [3.63, 3.8) is 0 Å². The monoisotopic (exact) mass is 198 g/mol. The summed E-state index contributed by atoms with van der Waals surface area (Å²) in [5, 5.41) is 3.57. The minimum Gasteiger partial charge on any atom is -0.309 e. The van der Waals surface area contributed by atoms with Crippen molar-refractivity contribution in [2.75, 3.05) is 19.6 Å². The van der Waals surface area contributed by atoms with Gasteiger partial charge in [-0.05, 0) is 26.7 Å². The van der Waals surface area contributed by atoms with Crippen LogP contribution in [0.25, 0.3) is 0 Å². The topological polar surface area (TPSA) is 15.3 Å². The molecule has 0 aromatic rings. The summed E-state index contributed by atoms with van der Waals surface area (Å²) < 4.78 is 0. The number of rotatable bonds is 4. The summed E-state index contributed by atoms with van der Waals surface area (Å²) in [7, 11) is 0. The third-order valence-corrected chi connectivity index (χ3v) is 3.21. The van der Waals surface area contributed by atoms with Crippen molar-refractivity contribution in [2.45, 2.75) is 58.5 Å². The lowest BCUT2D eigenvalue weighted by atomic mass is 9.98. The second-order valence-electron chi connectivity index (χ2n) is 5.13. The molecule has 2 nitrogen and oxygen atoms in total. The Morgan fingerprint density at radius 2 is 2.07 bits per heavy atom. The van der Waals surface area contributed by atoms with Crippen LogP contribution in [0.2, 0.25) is 0 Å². The van der Waals surface area contributed by atoms with Crippen LogP contribution in [0.4, 0.5) is 0 Å². The fourth-order valence-corrected chi connectivity index (χ4v) is 2.47. The van der Waals surface area contributed by atoms with E-state index >= 15 is 0 Å². The number of nitrogens with one attached hydrogen (secondary N) is 1.